The van der Waals surface area contributed by atoms with E-state index in [1.165, 1.54) is 0 Å². The smallest absolute Gasteiger partial charge is 0.258 e. The fraction of sp³-hybridized carbons (Fsp3) is 0.0385. The Morgan fingerprint density at radius 2 is 1.76 bits per heavy atom. The summed E-state index contributed by atoms with van der Waals surface area (Å²) in [7, 11) is 0. The van der Waals surface area contributed by atoms with Gasteiger partial charge in [-0.05, 0) is 60.4 Å². The van der Waals surface area contributed by atoms with Gasteiger partial charge in [-0.25, -0.2) is 4.98 Å². The third-order valence-electron chi connectivity index (χ3n) is 5.49. The summed E-state index contributed by atoms with van der Waals surface area (Å²) in [5, 5.41) is 8.33. The van der Waals surface area contributed by atoms with Crippen molar-refractivity contribution in [2.24, 2.45) is 0 Å². The van der Waals surface area contributed by atoms with Crippen molar-refractivity contribution in [1.29, 1.82) is 0 Å². The topological polar surface area (TPSA) is 69.8 Å². The van der Waals surface area contributed by atoms with E-state index in [4.69, 9.17) is 23.8 Å². The Bertz CT molecular complexity index is 1510. The number of carbonyl (C=O) groups excluding carboxylic acids is 1. The number of nitrogens with zero attached hydrogens (tertiary/aromatic N) is 1. The number of thiocarbonyl (C=S) groups is 1. The van der Waals surface area contributed by atoms with E-state index >= 15 is 0 Å². The average Bonchev–Trinajstić information content (AvgIpc) is 3.25. The van der Waals surface area contributed by atoms with Gasteiger partial charge in [-0.3, -0.25) is 10.1 Å². The molecule has 33 heavy (non-hydrogen) atoms. The molecule has 7 heteroatoms. The molecular formula is C26H19ClN4OS. The van der Waals surface area contributed by atoms with Crippen LogP contribution in [0, 0.1) is 6.92 Å². The maximum atomic E-state index is 12.9. The summed E-state index contributed by atoms with van der Waals surface area (Å²) < 4.78 is 0. The lowest BCUT2D eigenvalue weighted by molar-refractivity contribution is 0.0979. The molecule has 5 rings (SSSR count). The van der Waals surface area contributed by atoms with Crippen LogP contribution in [-0.2, 0) is 0 Å². The number of H-pyrrole nitrogens is 1. The van der Waals surface area contributed by atoms with Crippen LogP contribution in [0.3, 0.4) is 0 Å². The monoisotopic (exact) mass is 470 g/mol. The van der Waals surface area contributed by atoms with E-state index in [1.54, 1.807) is 18.2 Å². The number of hydrogen-bond acceptors (Lipinski definition) is 3. The lowest BCUT2D eigenvalue weighted by Crippen LogP contribution is -2.34. The van der Waals surface area contributed by atoms with Crippen LogP contribution in [0.5, 0.6) is 0 Å². The van der Waals surface area contributed by atoms with Gasteiger partial charge < -0.3 is 10.3 Å². The number of anilines is 1. The molecule has 0 aliphatic carbocycles. The lowest BCUT2D eigenvalue weighted by Gasteiger charge is -2.14. The number of imidazole rings is 1. The fourth-order valence-electron chi connectivity index (χ4n) is 3.79. The molecule has 0 fully saturated rings. The maximum absolute atomic E-state index is 12.9. The van der Waals surface area contributed by atoms with Gasteiger partial charge in [-0.1, -0.05) is 60.1 Å². The second kappa shape index (κ2) is 8.65. The molecule has 0 saturated carbocycles. The van der Waals surface area contributed by atoms with Crippen molar-refractivity contribution in [2.45, 2.75) is 6.92 Å². The van der Waals surface area contributed by atoms with Crippen LogP contribution in [-0.4, -0.2) is 21.0 Å². The summed E-state index contributed by atoms with van der Waals surface area (Å²) in [4.78, 5) is 20.9. The first-order chi connectivity index (χ1) is 16.0. The minimum Gasteiger partial charge on any atom is -0.338 e. The number of fused-ring (bicyclic) bond motifs is 2. The second-order valence-corrected chi connectivity index (χ2v) is 8.50. The molecule has 1 amide bonds. The standard InChI is InChI=1S/C26H19ClN4OS/c1-15-12-13-16(24-28-21-10-2-3-11-22(21)29-24)14-23(15)30-26(33)31-25(32)19-8-4-7-18-17(19)6-5-9-20(18)27/h2-14H,1H3,(H,28,29)(H2,30,31,32,33). The number of amides is 1. The van der Waals surface area contributed by atoms with Gasteiger partial charge in [-0.15, -0.1) is 0 Å². The molecule has 0 bridgehead atoms. The molecule has 5 nitrogen and oxygen atoms in total. The molecule has 0 spiro atoms. The first kappa shape index (κ1) is 21.1. The van der Waals surface area contributed by atoms with Gasteiger partial charge in [0.15, 0.2) is 5.11 Å². The molecule has 0 unspecified atom stereocenters. The van der Waals surface area contributed by atoms with Crippen molar-refractivity contribution in [3.63, 3.8) is 0 Å². The minimum atomic E-state index is -0.300. The van der Waals surface area contributed by atoms with Crippen LogP contribution in [0.1, 0.15) is 15.9 Å². The number of benzene rings is 4. The quantitative estimate of drug-likeness (QED) is 0.264. The number of para-hydroxylation sites is 2. The zero-order valence-electron chi connectivity index (χ0n) is 17.6. The van der Waals surface area contributed by atoms with Crippen molar-refractivity contribution in [3.8, 4) is 11.4 Å². The molecular weight excluding hydrogens is 452 g/mol. The molecule has 3 N–H and O–H groups in total. The summed E-state index contributed by atoms with van der Waals surface area (Å²) in [5.41, 5.74) is 5.08. The third kappa shape index (κ3) is 4.18. The largest absolute Gasteiger partial charge is 0.338 e. The Kier molecular flexibility index (Phi) is 5.54. The van der Waals surface area contributed by atoms with Crippen LogP contribution in [0.25, 0.3) is 33.2 Å². The highest BCUT2D eigenvalue weighted by Crippen LogP contribution is 2.27. The second-order valence-electron chi connectivity index (χ2n) is 7.68. The normalized spacial score (nSPS) is 11.0. The van der Waals surface area contributed by atoms with Gasteiger partial charge in [-0.2, -0.15) is 0 Å². The first-order valence-electron chi connectivity index (χ1n) is 10.3. The SMILES string of the molecule is Cc1ccc(-c2nc3ccccc3[nH]2)cc1NC(=S)NC(=O)c1cccc2c(Cl)cccc12. The molecule has 0 saturated heterocycles. The summed E-state index contributed by atoms with van der Waals surface area (Å²) in [6.07, 6.45) is 0. The Morgan fingerprint density at radius 1 is 0.970 bits per heavy atom. The van der Waals surface area contributed by atoms with Gasteiger partial charge >= 0.3 is 0 Å². The molecule has 162 valence electrons. The van der Waals surface area contributed by atoms with Crippen LogP contribution in [0.15, 0.2) is 78.9 Å². The third-order valence-corrected chi connectivity index (χ3v) is 6.02. The maximum Gasteiger partial charge on any atom is 0.258 e. The Labute approximate surface area is 200 Å². The lowest BCUT2D eigenvalue weighted by atomic mass is 10.0. The van der Waals surface area contributed by atoms with Crippen molar-refractivity contribution < 1.29 is 4.79 Å². The van der Waals surface area contributed by atoms with E-state index in [9.17, 15) is 4.79 Å². The van der Waals surface area contributed by atoms with E-state index in [0.717, 1.165) is 44.4 Å². The van der Waals surface area contributed by atoms with E-state index < -0.39 is 0 Å². The number of aromatic amines is 1. The molecule has 0 radical (unpaired) electrons. The first-order valence-corrected chi connectivity index (χ1v) is 11.1. The van der Waals surface area contributed by atoms with Gasteiger partial charge in [0, 0.05) is 27.2 Å². The Hall–Kier alpha value is -3.74. The fourth-order valence-corrected chi connectivity index (χ4v) is 4.23. The molecule has 1 heterocycles. The van der Waals surface area contributed by atoms with E-state index in [-0.39, 0.29) is 11.0 Å². The summed E-state index contributed by atoms with van der Waals surface area (Å²) in [6.45, 7) is 1.97. The molecule has 0 aliphatic rings. The van der Waals surface area contributed by atoms with E-state index in [0.29, 0.717) is 10.6 Å². The number of carbonyl (C=O) groups is 1. The Balaban J connectivity index is 1.37. The summed E-state index contributed by atoms with van der Waals surface area (Å²) in [5.74, 6) is 0.466. The minimum absolute atomic E-state index is 0.212. The molecule has 0 aliphatic heterocycles. The number of aryl methyl sites for hydroxylation is 1. The van der Waals surface area contributed by atoms with Crippen LogP contribution >= 0.6 is 23.8 Å². The van der Waals surface area contributed by atoms with Gasteiger partial charge in [0.2, 0.25) is 0 Å². The van der Waals surface area contributed by atoms with Gasteiger partial charge in [0.05, 0.1) is 11.0 Å². The van der Waals surface area contributed by atoms with Crippen LogP contribution < -0.4 is 10.6 Å². The highest BCUT2D eigenvalue weighted by atomic mass is 35.5. The zero-order chi connectivity index (χ0) is 22.9. The van der Waals surface area contributed by atoms with Crippen molar-refractivity contribution in [1.82, 2.24) is 15.3 Å². The molecule has 5 aromatic rings. The van der Waals surface area contributed by atoms with Gasteiger partial charge in [0.1, 0.15) is 5.82 Å². The van der Waals surface area contributed by atoms with E-state index in [1.807, 2.05) is 67.6 Å². The van der Waals surface area contributed by atoms with Crippen LogP contribution in [0.2, 0.25) is 5.02 Å². The van der Waals surface area contributed by atoms with Crippen molar-refractivity contribution in [3.05, 3.63) is 95.0 Å². The highest BCUT2D eigenvalue weighted by molar-refractivity contribution is 7.80. The zero-order valence-corrected chi connectivity index (χ0v) is 19.2. The number of nitrogens with one attached hydrogen (secondary N) is 3. The number of halogens is 1. The number of aromatic nitrogens is 2. The predicted octanol–water partition coefficient (Wildman–Crippen LogP) is 6.47. The number of rotatable bonds is 3. The number of hydrogen-bond donors (Lipinski definition) is 3. The predicted molar refractivity (Wildman–Crippen MR) is 139 cm³/mol. The highest BCUT2D eigenvalue weighted by Gasteiger charge is 2.14. The van der Waals surface area contributed by atoms with E-state index in [2.05, 4.69) is 20.6 Å². The van der Waals surface area contributed by atoms with Crippen LogP contribution in [0.4, 0.5) is 5.69 Å². The van der Waals surface area contributed by atoms with Crippen molar-refractivity contribution in [2.75, 3.05) is 5.32 Å². The molecule has 1 aromatic heterocycles. The van der Waals surface area contributed by atoms with Gasteiger partial charge in [0.25, 0.3) is 5.91 Å². The molecule has 0 atom stereocenters. The summed E-state index contributed by atoms with van der Waals surface area (Å²) in [6, 6.07) is 24.8. The average molecular weight is 471 g/mol. The molecule has 4 aromatic carbocycles. The summed E-state index contributed by atoms with van der Waals surface area (Å²) >= 11 is 11.7. The Morgan fingerprint density at radius 3 is 2.61 bits per heavy atom. The van der Waals surface area contributed by atoms with Crippen molar-refractivity contribution >= 4 is 62.3 Å².